The second-order valence-electron chi connectivity index (χ2n) is 6.30. The lowest BCUT2D eigenvalue weighted by Crippen LogP contribution is -2.35. The summed E-state index contributed by atoms with van der Waals surface area (Å²) >= 11 is 7.13. The van der Waals surface area contributed by atoms with Crippen molar-refractivity contribution in [2.45, 2.75) is 39.0 Å². The Bertz CT molecular complexity index is 800. The van der Waals surface area contributed by atoms with Crippen LogP contribution >= 0.6 is 31.9 Å². The van der Waals surface area contributed by atoms with Gasteiger partial charge in [0.2, 0.25) is 0 Å². The van der Waals surface area contributed by atoms with Crippen LogP contribution < -0.4 is 5.32 Å². The fourth-order valence-electron chi connectivity index (χ4n) is 3.00. The van der Waals surface area contributed by atoms with Crippen molar-refractivity contribution in [2.24, 2.45) is 0 Å². The molecule has 2 aromatic carbocycles. The molecule has 2 atom stereocenters. The van der Waals surface area contributed by atoms with Crippen molar-refractivity contribution in [3.05, 3.63) is 45.3 Å². The monoisotopic (exact) mass is 452 g/mol. The average Bonchev–Trinajstić information content (AvgIpc) is 2.85. The third-order valence-corrected chi connectivity index (χ3v) is 5.48. The van der Waals surface area contributed by atoms with Crippen LogP contribution in [-0.2, 0) is 6.54 Å². The smallest absolute Gasteiger partial charge is 0.0843 e. The molecule has 1 heterocycles. The number of benzene rings is 2. The van der Waals surface area contributed by atoms with E-state index >= 15 is 0 Å². The Kier molecular flexibility index (Phi) is 5.65. The molecule has 3 rings (SSSR count). The highest BCUT2D eigenvalue weighted by molar-refractivity contribution is 9.10. The highest BCUT2D eigenvalue weighted by Crippen LogP contribution is 2.33. The molecule has 0 saturated carbocycles. The van der Waals surface area contributed by atoms with Crippen molar-refractivity contribution in [3.63, 3.8) is 0 Å². The Morgan fingerprint density at radius 1 is 1.04 bits per heavy atom. The zero-order chi connectivity index (χ0) is 17.3. The first kappa shape index (κ1) is 17.9. The van der Waals surface area contributed by atoms with Crippen molar-refractivity contribution in [1.82, 2.24) is 9.88 Å². The molecular weight excluding hydrogens is 432 g/mol. The van der Waals surface area contributed by atoms with Crippen LogP contribution in [0.15, 0.2) is 45.3 Å². The van der Waals surface area contributed by atoms with Gasteiger partial charge in [0.1, 0.15) is 0 Å². The highest BCUT2D eigenvalue weighted by atomic mass is 79.9. The lowest BCUT2D eigenvalue weighted by Gasteiger charge is -2.17. The molecule has 0 saturated heterocycles. The second kappa shape index (κ2) is 7.56. The first-order chi connectivity index (χ1) is 11.5. The number of rotatable bonds is 6. The summed E-state index contributed by atoms with van der Waals surface area (Å²) in [6.07, 6.45) is 0.634. The highest BCUT2D eigenvalue weighted by Gasteiger charge is 2.15. The molecule has 0 amide bonds. The van der Waals surface area contributed by atoms with Gasteiger partial charge in [-0.1, -0.05) is 38.8 Å². The largest absolute Gasteiger partial charge is 0.390 e. The van der Waals surface area contributed by atoms with E-state index in [0.29, 0.717) is 19.1 Å². The van der Waals surface area contributed by atoms with Gasteiger partial charge in [0.15, 0.2) is 0 Å². The first-order valence-electron chi connectivity index (χ1n) is 8.28. The zero-order valence-corrected chi connectivity index (χ0v) is 17.1. The van der Waals surface area contributed by atoms with E-state index in [1.807, 2.05) is 0 Å². The summed E-state index contributed by atoms with van der Waals surface area (Å²) in [4.78, 5) is 0. The van der Waals surface area contributed by atoms with Gasteiger partial charge in [-0.05, 0) is 49.7 Å². The van der Waals surface area contributed by atoms with E-state index < -0.39 is 6.10 Å². The SMILES string of the molecule is CC[C@H](C)NC[C@@H](O)Cn1c2ccc(Br)cc2c2cc(Br)ccc21. The molecule has 0 fully saturated rings. The minimum absolute atomic E-state index is 0.421. The second-order valence-corrected chi connectivity index (χ2v) is 8.14. The number of nitrogens with one attached hydrogen (secondary N) is 1. The molecule has 0 radical (unpaired) electrons. The molecule has 0 bridgehead atoms. The topological polar surface area (TPSA) is 37.2 Å². The molecule has 0 aliphatic rings. The van der Waals surface area contributed by atoms with Gasteiger partial charge in [-0.2, -0.15) is 0 Å². The lowest BCUT2D eigenvalue weighted by molar-refractivity contribution is 0.150. The van der Waals surface area contributed by atoms with Gasteiger partial charge in [-0.3, -0.25) is 0 Å². The Morgan fingerprint density at radius 2 is 1.58 bits per heavy atom. The average molecular weight is 454 g/mol. The summed E-state index contributed by atoms with van der Waals surface area (Å²) in [5.74, 6) is 0. The van der Waals surface area contributed by atoms with Crippen molar-refractivity contribution in [3.8, 4) is 0 Å². The van der Waals surface area contributed by atoms with Gasteiger partial charge in [0.25, 0.3) is 0 Å². The molecule has 5 heteroatoms. The van der Waals surface area contributed by atoms with Crippen molar-refractivity contribution in [1.29, 1.82) is 0 Å². The molecule has 0 aliphatic heterocycles. The zero-order valence-electron chi connectivity index (χ0n) is 13.9. The number of aliphatic hydroxyl groups is 1. The quantitative estimate of drug-likeness (QED) is 0.546. The van der Waals surface area contributed by atoms with E-state index in [1.165, 1.54) is 10.8 Å². The van der Waals surface area contributed by atoms with Gasteiger partial charge in [0.05, 0.1) is 12.6 Å². The minimum atomic E-state index is -0.426. The summed E-state index contributed by atoms with van der Waals surface area (Å²) in [5.41, 5.74) is 2.29. The van der Waals surface area contributed by atoms with Gasteiger partial charge >= 0.3 is 0 Å². The first-order valence-corrected chi connectivity index (χ1v) is 9.86. The summed E-state index contributed by atoms with van der Waals surface area (Å²) in [6.45, 7) is 5.46. The van der Waals surface area contributed by atoms with Gasteiger partial charge < -0.3 is 15.0 Å². The van der Waals surface area contributed by atoms with E-state index in [1.54, 1.807) is 0 Å². The van der Waals surface area contributed by atoms with Crippen LogP contribution in [0.2, 0.25) is 0 Å². The molecule has 1 aromatic heterocycles. The fourth-order valence-corrected chi connectivity index (χ4v) is 3.72. The third-order valence-electron chi connectivity index (χ3n) is 4.50. The molecule has 2 N–H and O–H groups in total. The van der Waals surface area contributed by atoms with E-state index in [-0.39, 0.29) is 0 Å². The van der Waals surface area contributed by atoms with E-state index in [9.17, 15) is 5.11 Å². The number of fused-ring (bicyclic) bond motifs is 3. The molecule has 3 aromatic rings. The maximum atomic E-state index is 10.5. The minimum Gasteiger partial charge on any atom is -0.390 e. The predicted molar refractivity (Wildman–Crippen MR) is 109 cm³/mol. The standard InChI is InChI=1S/C19H22Br2N2O/c1-3-12(2)22-10-15(24)11-23-18-6-4-13(20)8-16(18)17-9-14(21)5-7-19(17)23/h4-9,12,15,22,24H,3,10-11H2,1-2H3/t12-,15+/m0/s1. The Balaban J connectivity index is 1.99. The molecule has 128 valence electrons. The van der Waals surface area contributed by atoms with E-state index in [4.69, 9.17) is 0 Å². The van der Waals surface area contributed by atoms with Crippen LogP contribution in [0.3, 0.4) is 0 Å². The van der Waals surface area contributed by atoms with Gasteiger partial charge in [0, 0.05) is 43.3 Å². The Hall–Kier alpha value is -0.880. The maximum Gasteiger partial charge on any atom is 0.0843 e. The van der Waals surface area contributed by atoms with Gasteiger partial charge in [-0.15, -0.1) is 0 Å². The lowest BCUT2D eigenvalue weighted by atomic mass is 10.2. The normalized spacial score (nSPS) is 14.4. The van der Waals surface area contributed by atoms with Crippen LogP contribution in [0.25, 0.3) is 21.8 Å². The molecule has 0 unspecified atom stereocenters. The van der Waals surface area contributed by atoms with Crippen LogP contribution in [0.1, 0.15) is 20.3 Å². The van der Waals surface area contributed by atoms with Crippen LogP contribution in [0.4, 0.5) is 0 Å². The van der Waals surface area contributed by atoms with Crippen molar-refractivity contribution < 1.29 is 5.11 Å². The summed E-state index contributed by atoms with van der Waals surface area (Å²) in [5, 5.41) is 16.3. The van der Waals surface area contributed by atoms with E-state index in [2.05, 4.69) is 92.0 Å². The van der Waals surface area contributed by atoms with Crippen LogP contribution in [0, 0.1) is 0 Å². The number of aliphatic hydroxyl groups excluding tert-OH is 1. The third kappa shape index (κ3) is 3.69. The molecular formula is C19H22Br2N2O. The molecule has 24 heavy (non-hydrogen) atoms. The molecule has 3 nitrogen and oxygen atoms in total. The number of hydrogen-bond donors (Lipinski definition) is 2. The number of hydrogen-bond acceptors (Lipinski definition) is 2. The number of halogens is 2. The summed E-state index contributed by atoms with van der Waals surface area (Å²) in [6, 6.07) is 13.0. The van der Waals surface area contributed by atoms with Crippen molar-refractivity contribution >= 4 is 53.7 Å². The summed E-state index contributed by atoms with van der Waals surface area (Å²) in [7, 11) is 0. The van der Waals surface area contributed by atoms with Crippen LogP contribution in [0.5, 0.6) is 0 Å². The molecule has 0 spiro atoms. The van der Waals surface area contributed by atoms with Gasteiger partial charge in [-0.25, -0.2) is 0 Å². The van der Waals surface area contributed by atoms with E-state index in [0.717, 1.165) is 26.4 Å². The number of aromatic nitrogens is 1. The van der Waals surface area contributed by atoms with Crippen molar-refractivity contribution in [2.75, 3.05) is 6.54 Å². The Morgan fingerprint density at radius 3 is 2.08 bits per heavy atom. The molecule has 0 aliphatic carbocycles. The number of nitrogens with zero attached hydrogens (tertiary/aromatic N) is 1. The fraction of sp³-hybridized carbons (Fsp3) is 0.368. The Labute approximate surface area is 159 Å². The van der Waals surface area contributed by atoms with Crippen LogP contribution in [-0.4, -0.2) is 28.4 Å². The summed E-state index contributed by atoms with van der Waals surface area (Å²) < 4.78 is 4.34. The predicted octanol–water partition coefficient (Wildman–Crippen LogP) is 5.07. The maximum absolute atomic E-state index is 10.5.